The van der Waals surface area contributed by atoms with Gasteiger partial charge in [0, 0.05) is 5.25 Å². The lowest BCUT2D eigenvalue weighted by Gasteiger charge is -2.17. The molecule has 0 aliphatic carbocycles. The van der Waals surface area contributed by atoms with Crippen LogP contribution in [0, 0.1) is 0 Å². The van der Waals surface area contributed by atoms with Crippen molar-refractivity contribution >= 4 is 12.6 Å². The molecule has 0 heterocycles. The van der Waals surface area contributed by atoms with Gasteiger partial charge in [-0.05, 0) is 0 Å². The second-order valence-corrected chi connectivity index (χ2v) is 2.62. The molecule has 2 unspecified atom stereocenters. The van der Waals surface area contributed by atoms with E-state index >= 15 is 0 Å². The van der Waals surface area contributed by atoms with Crippen molar-refractivity contribution in [2.75, 3.05) is 0 Å². The van der Waals surface area contributed by atoms with Crippen molar-refractivity contribution in [1.29, 1.82) is 0 Å². The zero-order valence-electron chi connectivity index (χ0n) is 4.81. The van der Waals surface area contributed by atoms with Crippen LogP contribution >= 0.6 is 12.6 Å². The maximum absolute atomic E-state index is 11.5. The summed E-state index contributed by atoms with van der Waals surface area (Å²) in [7, 11) is 0. The Bertz CT molecular complexity index is 90.3. The number of halogens is 3. The summed E-state index contributed by atoms with van der Waals surface area (Å²) in [6, 6.07) is -1.82. The molecule has 0 radical (unpaired) electrons. The van der Waals surface area contributed by atoms with Gasteiger partial charge in [-0.3, -0.25) is 0 Å². The van der Waals surface area contributed by atoms with Gasteiger partial charge in [0.15, 0.2) is 0 Å². The smallest absolute Gasteiger partial charge is 0.319 e. The first kappa shape index (κ1) is 9.10. The zero-order valence-corrected chi connectivity index (χ0v) is 5.71. The van der Waals surface area contributed by atoms with Crippen LogP contribution in [0.5, 0.6) is 0 Å². The first-order chi connectivity index (χ1) is 3.85. The fraction of sp³-hybridized carbons (Fsp3) is 1.00. The van der Waals surface area contributed by atoms with Gasteiger partial charge in [0.25, 0.3) is 0 Å². The standard InChI is InChI=1S/C4H8F3NS/c1-2(9)3(8)4(5,6)7/h2-3,9H,8H2,1H3. The minimum atomic E-state index is -4.32. The van der Waals surface area contributed by atoms with Crippen LogP contribution in [0.3, 0.4) is 0 Å². The minimum Gasteiger partial charge on any atom is -0.319 e. The van der Waals surface area contributed by atoms with Gasteiger partial charge < -0.3 is 5.73 Å². The number of nitrogens with two attached hydrogens (primary N) is 1. The quantitative estimate of drug-likeness (QED) is 0.552. The molecule has 5 heteroatoms. The fourth-order valence-corrected chi connectivity index (χ4v) is 0.443. The SMILES string of the molecule is CC(S)C(N)C(F)(F)F. The van der Waals surface area contributed by atoms with Crippen LogP contribution in [-0.4, -0.2) is 17.5 Å². The molecule has 0 bridgehead atoms. The van der Waals surface area contributed by atoms with E-state index in [9.17, 15) is 13.2 Å². The number of thiol groups is 1. The van der Waals surface area contributed by atoms with Crippen LogP contribution in [0.25, 0.3) is 0 Å². The van der Waals surface area contributed by atoms with E-state index in [2.05, 4.69) is 12.6 Å². The maximum Gasteiger partial charge on any atom is 0.404 e. The summed E-state index contributed by atoms with van der Waals surface area (Å²) in [5, 5.41) is -0.843. The summed E-state index contributed by atoms with van der Waals surface area (Å²) >= 11 is 3.54. The molecule has 0 saturated carbocycles. The van der Waals surface area contributed by atoms with Crippen molar-refractivity contribution in [3.63, 3.8) is 0 Å². The van der Waals surface area contributed by atoms with Crippen molar-refractivity contribution in [2.45, 2.75) is 24.4 Å². The predicted octanol–water partition coefficient (Wildman–Crippen LogP) is 1.19. The molecular weight excluding hydrogens is 151 g/mol. The Balaban J connectivity index is 3.88. The molecule has 56 valence electrons. The van der Waals surface area contributed by atoms with Crippen molar-refractivity contribution in [1.82, 2.24) is 0 Å². The maximum atomic E-state index is 11.5. The van der Waals surface area contributed by atoms with Gasteiger partial charge in [0.05, 0.1) is 0 Å². The van der Waals surface area contributed by atoms with Gasteiger partial charge in [-0.2, -0.15) is 25.8 Å². The van der Waals surface area contributed by atoms with Gasteiger partial charge >= 0.3 is 6.18 Å². The lowest BCUT2D eigenvalue weighted by molar-refractivity contribution is -0.146. The molecule has 0 amide bonds. The van der Waals surface area contributed by atoms with Crippen molar-refractivity contribution in [3.8, 4) is 0 Å². The van der Waals surface area contributed by atoms with E-state index in [0.29, 0.717) is 0 Å². The lowest BCUT2D eigenvalue weighted by atomic mass is 10.2. The molecule has 2 atom stereocenters. The highest BCUT2D eigenvalue weighted by Gasteiger charge is 2.38. The van der Waals surface area contributed by atoms with Gasteiger partial charge in [0.1, 0.15) is 6.04 Å². The number of rotatable bonds is 1. The molecule has 0 spiro atoms. The minimum absolute atomic E-state index is 0.843. The summed E-state index contributed by atoms with van der Waals surface area (Å²) in [6.07, 6.45) is -4.32. The highest BCUT2D eigenvalue weighted by molar-refractivity contribution is 7.81. The summed E-state index contributed by atoms with van der Waals surface area (Å²) in [6.45, 7) is 1.31. The van der Waals surface area contributed by atoms with Crippen LogP contribution in [0.15, 0.2) is 0 Å². The Morgan fingerprint density at radius 3 is 1.78 bits per heavy atom. The van der Waals surface area contributed by atoms with E-state index in [1.165, 1.54) is 6.92 Å². The summed E-state index contributed by atoms with van der Waals surface area (Å²) < 4.78 is 34.6. The Morgan fingerprint density at radius 2 is 1.78 bits per heavy atom. The molecule has 0 fully saturated rings. The summed E-state index contributed by atoms with van der Waals surface area (Å²) in [4.78, 5) is 0. The third-order valence-corrected chi connectivity index (χ3v) is 1.22. The van der Waals surface area contributed by atoms with Crippen molar-refractivity contribution in [2.24, 2.45) is 5.73 Å². The first-order valence-corrected chi connectivity index (χ1v) is 2.87. The molecule has 0 aliphatic rings. The monoisotopic (exact) mass is 159 g/mol. The van der Waals surface area contributed by atoms with Gasteiger partial charge in [0.2, 0.25) is 0 Å². The van der Waals surface area contributed by atoms with Crippen LogP contribution in [-0.2, 0) is 0 Å². The second-order valence-electron chi connectivity index (χ2n) is 1.81. The zero-order chi connectivity index (χ0) is 7.65. The molecule has 0 saturated heterocycles. The molecule has 0 aliphatic heterocycles. The lowest BCUT2D eigenvalue weighted by Crippen LogP contribution is -2.43. The molecule has 9 heavy (non-hydrogen) atoms. The van der Waals surface area contributed by atoms with Gasteiger partial charge in [-0.1, -0.05) is 6.92 Å². The third kappa shape index (κ3) is 2.95. The molecule has 0 rings (SSSR count). The Kier molecular flexibility index (Phi) is 2.82. The number of alkyl halides is 3. The van der Waals surface area contributed by atoms with E-state index in [-0.39, 0.29) is 0 Å². The molecular formula is C4H8F3NS. The summed E-state index contributed by atoms with van der Waals surface area (Å²) in [5.74, 6) is 0. The molecule has 0 aromatic rings. The fourth-order valence-electron chi connectivity index (χ4n) is 0.273. The molecule has 0 aromatic heterocycles. The Morgan fingerprint density at radius 1 is 1.44 bits per heavy atom. The Hall–Kier alpha value is 0.100. The average molecular weight is 159 g/mol. The topological polar surface area (TPSA) is 26.0 Å². The second kappa shape index (κ2) is 2.79. The predicted molar refractivity (Wildman–Crippen MR) is 32.5 cm³/mol. The molecule has 0 aromatic carbocycles. The van der Waals surface area contributed by atoms with E-state index in [0.717, 1.165) is 0 Å². The Labute approximate surface area is 56.8 Å². The van der Waals surface area contributed by atoms with Crippen LogP contribution in [0.1, 0.15) is 6.92 Å². The highest BCUT2D eigenvalue weighted by atomic mass is 32.1. The van der Waals surface area contributed by atoms with Crippen molar-refractivity contribution in [3.05, 3.63) is 0 Å². The van der Waals surface area contributed by atoms with Gasteiger partial charge in [-0.15, -0.1) is 0 Å². The summed E-state index contributed by atoms with van der Waals surface area (Å²) in [5.41, 5.74) is 4.69. The van der Waals surface area contributed by atoms with Crippen molar-refractivity contribution < 1.29 is 13.2 Å². The first-order valence-electron chi connectivity index (χ1n) is 2.36. The highest BCUT2D eigenvalue weighted by Crippen LogP contribution is 2.22. The normalized spacial score (nSPS) is 19.3. The van der Waals surface area contributed by atoms with E-state index < -0.39 is 17.5 Å². The van der Waals surface area contributed by atoms with E-state index in [1.807, 2.05) is 0 Å². The number of hydrogen-bond donors (Lipinski definition) is 2. The van der Waals surface area contributed by atoms with Crippen LogP contribution < -0.4 is 5.73 Å². The average Bonchev–Trinajstić information content (AvgIpc) is 1.62. The molecule has 1 nitrogen and oxygen atoms in total. The van der Waals surface area contributed by atoms with Crippen LogP contribution in [0.4, 0.5) is 13.2 Å². The largest absolute Gasteiger partial charge is 0.404 e. The van der Waals surface area contributed by atoms with E-state index in [4.69, 9.17) is 5.73 Å². The van der Waals surface area contributed by atoms with E-state index in [1.54, 1.807) is 0 Å². The third-order valence-electron chi connectivity index (χ3n) is 0.898. The molecule has 2 N–H and O–H groups in total. The number of hydrogen-bond acceptors (Lipinski definition) is 2. The van der Waals surface area contributed by atoms with Crippen LogP contribution in [0.2, 0.25) is 0 Å². The van der Waals surface area contributed by atoms with Gasteiger partial charge in [-0.25, -0.2) is 0 Å².